The molecule has 4 heteroatoms. The maximum absolute atomic E-state index is 9.96. The topological polar surface area (TPSA) is 41.5 Å². The highest BCUT2D eigenvalue weighted by Crippen LogP contribution is 2.31. The summed E-state index contributed by atoms with van der Waals surface area (Å²) in [4.78, 5) is 0. The van der Waals surface area contributed by atoms with Crippen LogP contribution in [-0.2, 0) is 6.42 Å². The van der Waals surface area contributed by atoms with E-state index in [2.05, 4.69) is 5.32 Å². The van der Waals surface area contributed by atoms with Crippen molar-refractivity contribution in [2.45, 2.75) is 25.8 Å². The van der Waals surface area contributed by atoms with E-state index in [0.29, 0.717) is 18.5 Å². The molecule has 2 radical (unpaired) electrons. The Balaban J connectivity index is 2.16. The van der Waals surface area contributed by atoms with Gasteiger partial charge in [0.2, 0.25) is 0 Å². The molecule has 0 bridgehead atoms. The average Bonchev–Trinajstić information content (AvgIpc) is 2.21. The Morgan fingerprint density at radius 3 is 2.81 bits per heavy atom. The Labute approximate surface area is 97.2 Å². The molecule has 0 spiro atoms. The number of nitrogens with one attached hydrogen (secondary N) is 1. The van der Waals surface area contributed by atoms with Crippen LogP contribution in [0.5, 0.6) is 11.5 Å². The molecule has 3 nitrogen and oxygen atoms in total. The van der Waals surface area contributed by atoms with Gasteiger partial charge in [0, 0.05) is 18.7 Å². The lowest BCUT2D eigenvalue weighted by Crippen LogP contribution is -2.50. The van der Waals surface area contributed by atoms with Gasteiger partial charge in [-0.15, -0.1) is 0 Å². The van der Waals surface area contributed by atoms with E-state index in [0.717, 1.165) is 30.0 Å². The molecule has 0 aromatic heterocycles. The van der Waals surface area contributed by atoms with Gasteiger partial charge in [0.25, 0.3) is 0 Å². The lowest BCUT2D eigenvalue weighted by molar-refractivity contribution is 0.141. The third-order valence-corrected chi connectivity index (χ3v) is 2.92. The largest absolute Gasteiger partial charge is 0.507 e. The monoisotopic (exact) mass is 217 g/mol. The molecule has 1 fully saturated rings. The van der Waals surface area contributed by atoms with E-state index in [1.807, 2.05) is 19.1 Å². The predicted octanol–water partition coefficient (Wildman–Crippen LogP) is 1.18. The van der Waals surface area contributed by atoms with Crippen LogP contribution in [0.1, 0.15) is 11.1 Å². The molecule has 1 aliphatic rings. The molecule has 0 unspecified atom stereocenters. The van der Waals surface area contributed by atoms with Gasteiger partial charge in [-0.25, -0.2) is 0 Å². The number of aromatic hydroxyl groups is 1. The van der Waals surface area contributed by atoms with Crippen LogP contribution < -0.4 is 10.1 Å². The zero-order valence-electron chi connectivity index (χ0n) is 9.49. The van der Waals surface area contributed by atoms with Crippen molar-refractivity contribution in [2.24, 2.45) is 0 Å². The van der Waals surface area contributed by atoms with Gasteiger partial charge >= 0.3 is 0 Å². The predicted molar refractivity (Wildman–Crippen MR) is 64.4 cm³/mol. The molecule has 2 N–H and O–H groups in total. The van der Waals surface area contributed by atoms with Crippen molar-refractivity contribution in [1.29, 1.82) is 0 Å². The number of benzene rings is 1. The lowest BCUT2D eigenvalue weighted by atomic mass is 9.95. The first kappa shape index (κ1) is 11.3. The van der Waals surface area contributed by atoms with Gasteiger partial charge < -0.3 is 15.2 Å². The second-order valence-corrected chi connectivity index (χ2v) is 4.13. The second kappa shape index (κ2) is 4.79. The molecule has 1 heterocycles. The summed E-state index contributed by atoms with van der Waals surface area (Å²) in [5, 5.41) is 13.1. The smallest absolute Gasteiger partial charge is 0.126 e. The molecule has 1 aromatic rings. The van der Waals surface area contributed by atoms with Crippen molar-refractivity contribution in [1.82, 2.24) is 5.32 Å². The Morgan fingerprint density at radius 1 is 1.50 bits per heavy atom. The quantitative estimate of drug-likeness (QED) is 0.744. The van der Waals surface area contributed by atoms with Crippen LogP contribution in [0.4, 0.5) is 0 Å². The minimum atomic E-state index is 0.235. The highest BCUT2D eigenvalue weighted by atomic mass is 16.5. The molecule has 0 saturated carbocycles. The minimum Gasteiger partial charge on any atom is -0.507 e. The van der Waals surface area contributed by atoms with Gasteiger partial charge in [0.1, 0.15) is 17.6 Å². The lowest BCUT2D eigenvalue weighted by Gasteiger charge is -2.28. The number of hydrogen-bond acceptors (Lipinski definition) is 3. The van der Waals surface area contributed by atoms with Gasteiger partial charge in [-0.2, -0.15) is 0 Å². The number of rotatable bonds is 4. The van der Waals surface area contributed by atoms with Crippen LogP contribution in [-0.4, -0.2) is 32.1 Å². The van der Waals surface area contributed by atoms with Crippen LogP contribution in [0.2, 0.25) is 6.32 Å². The summed E-state index contributed by atoms with van der Waals surface area (Å²) in [5.74, 6) is 1.08. The van der Waals surface area contributed by atoms with Crippen molar-refractivity contribution in [3.05, 3.63) is 23.3 Å². The fourth-order valence-electron chi connectivity index (χ4n) is 1.75. The first-order valence-corrected chi connectivity index (χ1v) is 5.61. The third-order valence-electron chi connectivity index (χ3n) is 2.92. The van der Waals surface area contributed by atoms with Gasteiger partial charge in [0.15, 0.2) is 0 Å². The van der Waals surface area contributed by atoms with Crippen molar-refractivity contribution in [3.63, 3.8) is 0 Å². The summed E-state index contributed by atoms with van der Waals surface area (Å²) in [5.41, 5.74) is 1.69. The number of phenolic OH excluding ortho intramolecular Hbond substituents is 1. The van der Waals surface area contributed by atoms with Crippen molar-refractivity contribution < 1.29 is 9.84 Å². The van der Waals surface area contributed by atoms with Gasteiger partial charge in [0.05, 0.1) is 7.85 Å². The molecule has 16 heavy (non-hydrogen) atoms. The molecule has 0 aliphatic carbocycles. The molecule has 1 aliphatic heterocycles. The normalized spacial score (nSPS) is 15.8. The van der Waals surface area contributed by atoms with E-state index in [-0.39, 0.29) is 6.10 Å². The van der Waals surface area contributed by atoms with Crippen LogP contribution in [0.3, 0.4) is 0 Å². The summed E-state index contributed by atoms with van der Waals surface area (Å²) in [6.45, 7) is 3.63. The Kier molecular flexibility index (Phi) is 3.39. The molecule has 0 amide bonds. The Hall–Kier alpha value is -1.16. The molecular formula is C12H16BNO2. The van der Waals surface area contributed by atoms with E-state index in [1.54, 1.807) is 0 Å². The SMILES string of the molecule is [B]CCc1ccc(OC2CNC2)c(C)c1O. The summed E-state index contributed by atoms with van der Waals surface area (Å²) < 4.78 is 5.74. The van der Waals surface area contributed by atoms with Crippen molar-refractivity contribution in [3.8, 4) is 11.5 Å². The summed E-state index contributed by atoms with van der Waals surface area (Å²) in [6, 6.07) is 3.80. The van der Waals surface area contributed by atoms with E-state index >= 15 is 0 Å². The van der Waals surface area contributed by atoms with Crippen molar-refractivity contribution >= 4 is 7.85 Å². The van der Waals surface area contributed by atoms with E-state index in [1.165, 1.54) is 0 Å². The van der Waals surface area contributed by atoms with Crippen LogP contribution in [0, 0.1) is 6.92 Å². The van der Waals surface area contributed by atoms with Crippen LogP contribution in [0.25, 0.3) is 0 Å². The maximum Gasteiger partial charge on any atom is 0.126 e. The standard InChI is InChI=1S/C12H16BNO2/c1-8-11(16-10-6-14-7-10)3-2-9(4-5-13)12(8)15/h2-3,10,14-15H,4-7H2,1H3. The summed E-state index contributed by atoms with van der Waals surface area (Å²) in [7, 11) is 5.48. The molecule has 2 rings (SSSR count). The van der Waals surface area contributed by atoms with E-state index < -0.39 is 0 Å². The first-order chi connectivity index (χ1) is 7.72. The van der Waals surface area contributed by atoms with Gasteiger partial charge in [-0.3, -0.25) is 0 Å². The zero-order valence-corrected chi connectivity index (χ0v) is 9.49. The van der Waals surface area contributed by atoms with Gasteiger partial charge in [-0.1, -0.05) is 12.4 Å². The molecule has 1 aromatic carbocycles. The van der Waals surface area contributed by atoms with Crippen LogP contribution in [0.15, 0.2) is 12.1 Å². The third kappa shape index (κ3) is 2.17. The zero-order chi connectivity index (χ0) is 11.5. The summed E-state index contributed by atoms with van der Waals surface area (Å²) in [6.07, 6.45) is 1.47. The number of aryl methyl sites for hydroxylation is 1. The fourth-order valence-corrected chi connectivity index (χ4v) is 1.75. The molecule has 84 valence electrons. The number of hydrogen-bond donors (Lipinski definition) is 2. The van der Waals surface area contributed by atoms with Crippen molar-refractivity contribution in [2.75, 3.05) is 13.1 Å². The minimum absolute atomic E-state index is 0.235. The van der Waals surface area contributed by atoms with E-state index in [9.17, 15) is 5.11 Å². The number of ether oxygens (including phenoxy) is 1. The molecule has 1 saturated heterocycles. The molecular weight excluding hydrogens is 201 g/mol. The Bertz CT molecular complexity index is 378. The molecule has 0 atom stereocenters. The fraction of sp³-hybridized carbons (Fsp3) is 0.500. The summed E-state index contributed by atoms with van der Waals surface area (Å²) >= 11 is 0. The second-order valence-electron chi connectivity index (χ2n) is 4.13. The van der Waals surface area contributed by atoms with Gasteiger partial charge in [-0.05, 0) is 25.0 Å². The highest BCUT2D eigenvalue weighted by molar-refractivity contribution is 6.08. The Morgan fingerprint density at radius 2 is 2.25 bits per heavy atom. The van der Waals surface area contributed by atoms with Crippen LogP contribution >= 0.6 is 0 Å². The maximum atomic E-state index is 9.96. The highest BCUT2D eigenvalue weighted by Gasteiger charge is 2.20. The average molecular weight is 217 g/mol. The van der Waals surface area contributed by atoms with E-state index in [4.69, 9.17) is 12.6 Å². The first-order valence-electron chi connectivity index (χ1n) is 5.61. The number of phenols is 1.